The van der Waals surface area contributed by atoms with Gasteiger partial charge in [0.25, 0.3) is 0 Å². The molecule has 67 heavy (non-hydrogen) atoms. The lowest BCUT2D eigenvalue weighted by molar-refractivity contribution is -0.256. The molecule has 6 rings (SSSR count). The zero-order chi connectivity index (χ0) is 47.4. The van der Waals surface area contributed by atoms with Crippen molar-refractivity contribution >= 4 is 23.6 Å². The van der Waals surface area contributed by atoms with Gasteiger partial charge in [0.1, 0.15) is 36.2 Å². The van der Waals surface area contributed by atoms with E-state index in [4.69, 9.17) is 28.9 Å². The molecule has 1 fully saturated rings. The molecule has 10 nitrogen and oxygen atoms in total. The van der Waals surface area contributed by atoms with Crippen LogP contribution in [0.5, 0.6) is 17.2 Å². The largest absolute Gasteiger partial charge is 0.459 e. The minimum Gasteiger partial charge on any atom is -0.459 e. The predicted molar refractivity (Wildman–Crippen MR) is 265 cm³/mol. The SMILES string of the molecule is C=CCOC12Oc3ccc(Oc4ccc(SC)cc4)cc3C3C(CCCCO)C(CCCCO)C=C(C(=NOC)CC1N(Cc1ccc(F)cc1)C(=O)OCCCCCCCCCCCC)C32. The normalized spacial score (nSPS) is 22.3. The van der Waals surface area contributed by atoms with Crippen LogP contribution in [0.4, 0.5) is 9.18 Å². The number of thioether (sulfide) groups is 1. The lowest BCUT2D eigenvalue weighted by Gasteiger charge is -2.59. The molecule has 1 amide bonds. The molecule has 6 unspecified atom stereocenters. The summed E-state index contributed by atoms with van der Waals surface area (Å²) >= 11 is 1.67. The van der Waals surface area contributed by atoms with Crippen molar-refractivity contribution in [2.45, 2.75) is 145 Å². The third kappa shape index (κ3) is 13.7. The summed E-state index contributed by atoms with van der Waals surface area (Å²) in [6.07, 6.45) is 21.9. The van der Waals surface area contributed by atoms with Crippen LogP contribution < -0.4 is 9.47 Å². The molecule has 1 heterocycles. The molecule has 2 N–H and O–H groups in total. The Balaban J connectivity index is 1.43. The van der Waals surface area contributed by atoms with Gasteiger partial charge in [-0.05, 0) is 116 Å². The summed E-state index contributed by atoms with van der Waals surface area (Å²) < 4.78 is 41.6. The van der Waals surface area contributed by atoms with Crippen LogP contribution >= 0.6 is 11.8 Å². The van der Waals surface area contributed by atoms with Gasteiger partial charge < -0.3 is 34.0 Å². The Morgan fingerprint density at radius 3 is 2.22 bits per heavy atom. The summed E-state index contributed by atoms with van der Waals surface area (Å²) in [6, 6.07) is 19.4. The molecule has 1 saturated carbocycles. The van der Waals surface area contributed by atoms with Gasteiger partial charge in [-0.25, -0.2) is 9.18 Å². The number of aliphatic hydroxyl groups excluding tert-OH is 2. The van der Waals surface area contributed by atoms with Gasteiger partial charge in [0.15, 0.2) is 0 Å². The molecule has 0 bridgehead atoms. The number of hydrogen-bond acceptors (Lipinski definition) is 10. The van der Waals surface area contributed by atoms with Crippen LogP contribution in [-0.2, 0) is 20.9 Å². The monoisotopic (exact) mass is 943 g/mol. The average molecular weight is 943 g/mol. The highest BCUT2D eigenvalue weighted by atomic mass is 32.2. The van der Waals surface area contributed by atoms with Crippen LogP contribution in [0.3, 0.4) is 0 Å². The van der Waals surface area contributed by atoms with Crippen LogP contribution in [0, 0.1) is 23.6 Å². The second kappa shape index (κ2) is 27.0. The molecule has 2 aliphatic carbocycles. The molecule has 3 aromatic carbocycles. The molecule has 1 aliphatic heterocycles. The van der Waals surface area contributed by atoms with Crippen molar-refractivity contribution in [2.75, 3.05) is 39.8 Å². The molecule has 0 aromatic heterocycles. The molecule has 366 valence electrons. The lowest BCUT2D eigenvalue weighted by atomic mass is 9.55. The zero-order valence-corrected chi connectivity index (χ0v) is 41.0. The van der Waals surface area contributed by atoms with Crippen molar-refractivity contribution in [3.8, 4) is 17.2 Å². The number of fused-ring (bicyclic) bond motifs is 2. The van der Waals surface area contributed by atoms with Gasteiger partial charge in [0.2, 0.25) is 5.79 Å². The van der Waals surface area contributed by atoms with Gasteiger partial charge in [0, 0.05) is 42.6 Å². The Hall–Kier alpha value is -4.36. The number of benzene rings is 3. The first-order valence-corrected chi connectivity index (χ1v) is 26.1. The maximum absolute atomic E-state index is 14.9. The van der Waals surface area contributed by atoms with Crippen LogP contribution in [0.1, 0.15) is 133 Å². The maximum Gasteiger partial charge on any atom is 0.410 e. The zero-order valence-electron chi connectivity index (χ0n) is 40.2. The van der Waals surface area contributed by atoms with E-state index in [0.29, 0.717) is 35.8 Å². The molecule has 6 atom stereocenters. The smallest absolute Gasteiger partial charge is 0.410 e. The Morgan fingerprint density at radius 1 is 0.896 bits per heavy atom. The number of carbonyl (C=O) groups is 1. The number of nitrogens with zero attached hydrogens (tertiary/aromatic N) is 2. The quantitative estimate of drug-likeness (QED) is 0.0303. The number of rotatable bonds is 29. The fourth-order valence-electron chi connectivity index (χ4n) is 10.5. The summed E-state index contributed by atoms with van der Waals surface area (Å²) in [6.45, 7) is 6.96. The van der Waals surface area contributed by atoms with Gasteiger partial charge in [-0.1, -0.05) is 107 Å². The second-order valence-corrected chi connectivity index (χ2v) is 19.2. The third-order valence-electron chi connectivity index (χ3n) is 13.7. The first-order valence-electron chi connectivity index (χ1n) is 24.9. The number of halogens is 1. The van der Waals surface area contributed by atoms with Crippen LogP contribution in [-0.4, -0.2) is 78.5 Å². The molecule has 3 aromatic rings. The molecule has 0 radical (unpaired) electrons. The summed E-state index contributed by atoms with van der Waals surface area (Å²) in [4.78, 5) is 23.3. The standard InChI is InChI=1S/C55H75FN2O8S/c1-5-7-8-9-10-11-12-13-14-19-35-63-54(61)58(39-40-22-24-42(56)25-23-40)51-38-49(57-62-3)47-36-41(20-15-17-32-59)46(21-16-18-33-60)52-48-37-44(65-43-26-29-45(67-4)30-27-43)28-31-50(48)66-55(51,53(47)52)64-34-6-2/h6,22-31,36-37,41,46,51-53,59-60H,2,5,7-21,32-35,38-39H2,1,3-4H3. The number of aliphatic hydroxyl groups is 2. The second-order valence-electron chi connectivity index (χ2n) is 18.3. The highest BCUT2D eigenvalue weighted by Gasteiger charge is 2.65. The van der Waals surface area contributed by atoms with E-state index in [1.807, 2.05) is 42.7 Å². The topological polar surface area (TPSA) is 119 Å². The van der Waals surface area contributed by atoms with Crippen LogP contribution in [0.2, 0.25) is 0 Å². The predicted octanol–water partition coefficient (Wildman–Crippen LogP) is 13.2. The molecular formula is C55H75FN2O8S. The minimum atomic E-state index is -1.47. The van der Waals surface area contributed by atoms with Crippen molar-refractivity contribution in [3.05, 3.63) is 108 Å². The molecular weight excluding hydrogens is 868 g/mol. The van der Waals surface area contributed by atoms with Crippen molar-refractivity contribution < 1.29 is 43.2 Å². The van der Waals surface area contributed by atoms with Gasteiger partial charge in [-0.2, -0.15) is 0 Å². The van der Waals surface area contributed by atoms with E-state index < -0.39 is 23.8 Å². The van der Waals surface area contributed by atoms with E-state index in [1.54, 1.807) is 34.9 Å². The summed E-state index contributed by atoms with van der Waals surface area (Å²) in [7, 11) is 1.54. The minimum absolute atomic E-state index is 0.0425. The van der Waals surface area contributed by atoms with Crippen molar-refractivity contribution in [2.24, 2.45) is 22.9 Å². The maximum atomic E-state index is 14.9. The lowest BCUT2D eigenvalue weighted by Crippen LogP contribution is -2.70. The fourth-order valence-corrected chi connectivity index (χ4v) is 10.9. The number of hydrogen-bond donors (Lipinski definition) is 2. The van der Waals surface area contributed by atoms with Crippen LogP contribution in [0.25, 0.3) is 0 Å². The van der Waals surface area contributed by atoms with Gasteiger partial charge >= 0.3 is 6.09 Å². The Morgan fingerprint density at radius 2 is 1.57 bits per heavy atom. The van der Waals surface area contributed by atoms with Crippen molar-refractivity contribution in [1.82, 2.24) is 4.90 Å². The highest BCUT2D eigenvalue weighted by Crippen LogP contribution is 2.62. The van der Waals surface area contributed by atoms with Gasteiger partial charge in [-0.3, -0.25) is 4.90 Å². The van der Waals surface area contributed by atoms with Crippen molar-refractivity contribution in [1.29, 1.82) is 0 Å². The van der Waals surface area contributed by atoms with E-state index >= 15 is 0 Å². The number of amides is 1. The van der Waals surface area contributed by atoms with E-state index in [2.05, 4.69) is 25.6 Å². The van der Waals surface area contributed by atoms with E-state index in [1.165, 1.54) is 64.2 Å². The van der Waals surface area contributed by atoms with E-state index in [9.17, 15) is 19.4 Å². The first-order chi connectivity index (χ1) is 32.8. The molecule has 3 aliphatic rings. The molecule has 0 spiro atoms. The molecule has 0 saturated heterocycles. The Bertz CT molecular complexity index is 2050. The van der Waals surface area contributed by atoms with Gasteiger partial charge in [-0.15, -0.1) is 18.3 Å². The van der Waals surface area contributed by atoms with Crippen LogP contribution in [0.15, 0.2) is 101 Å². The Labute approximate surface area is 403 Å². The number of unbranched alkanes of at least 4 members (excludes halogenated alkanes) is 11. The number of allylic oxidation sites excluding steroid dienone is 1. The van der Waals surface area contributed by atoms with E-state index in [0.717, 1.165) is 66.5 Å². The average Bonchev–Trinajstić information content (AvgIpc) is 3.34. The van der Waals surface area contributed by atoms with Crippen molar-refractivity contribution in [3.63, 3.8) is 0 Å². The molecule has 12 heteroatoms. The van der Waals surface area contributed by atoms with Gasteiger partial charge in [0.05, 0.1) is 24.8 Å². The number of oxime groups is 1. The fraction of sp³-hybridized carbons (Fsp3) is 0.564. The summed E-state index contributed by atoms with van der Waals surface area (Å²) in [5.41, 5.74) is 3.29. The third-order valence-corrected chi connectivity index (χ3v) is 14.5. The number of carbonyl (C=O) groups excluding carboxylic acids is 1. The summed E-state index contributed by atoms with van der Waals surface area (Å²) in [5.74, 6) is -0.454. The highest BCUT2D eigenvalue weighted by molar-refractivity contribution is 7.98. The van der Waals surface area contributed by atoms with E-state index in [-0.39, 0.29) is 63.0 Å². The summed E-state index contributed by atoms with van der Waals surface area (Å²) in [5, 5.41) is 24.6. The Kier molecular flexibility index (Phi) is 21.0. The number of ether oxygens (including phenoxy) is 4. The first kappa shape index (κ1) is 52.0.